The maximum absolute atomic E-state index is 15.1. The third-order valence-electron chi connectivity index (χ3n) is 17.7. The maximum Gasteiger partial charge on any atom is 0.310 e. The van der Waals surface area contributed by atoms with E-state index < -0.39 is 46.6 Å². The molecule has 0 spiro atoms. The summed E-state index contributed by atoms with van der Waals surface area (Å²) >= 11 is 0. The molecule has 10 nitrogen and oxygen atoms in total. The van der Waals surface area contributed by atoms with Gasteiger partial charge in [-0.2, -0.15) is 0 Å². The van der Waals surface area contributed by atoms with Crippen LogP contribution in [0.5, 0.6) is 23.0 Å². The summed E-state index contributed by atoms with van der Waals surface area (Å²) in [5, 5.41) is 2.77. The molecule has 4 heterocycles. The normalized spacial score (nSPS) is 19.8. The van der Waals surface area contributed by atoms with Crippen LogP contribution in [0.2, 0.25) is 0 Å². The Morgan fingerprint density at radius 3 is 0.935 bits per heavy atom. The van der Waals surface area contributed by atoms with Gasteiger partial charge in [0.15, 0.2) is 11.7 Å². The molecule has 11 aromatic rings. The smallest absolute Gasteiger partial charge is 0.310 e. The van der Waals surface area contributed by atoms with Crippen molar-refractivity contribution in [3.05, 3.63) is 326 Å². The van der Waals surface area contributed by atoms with E-state index in [-0.39, 0.29) is 25.5 Å². The molecule has 6 atom stereocenters. The number of ether oxygens (including phenoxy) is 2. The SMILES string of the molecule is C=CCOC(c1ccc(C(C)(C)c2ccc(C(OCC=C)P3(=O)Oc4ccccc4-c4ccccc43)cc2)cc1)P1(=O)Oc2ccccc2-c2ccccc21.O=P1(Cc2ccc(CP3(=O)Oc4ccccc4-c4ccccc43)cc2)Oc2ccccc2-c2ccccc21. The van der Waals surface area contributed by atoms with Crippen LogP contribution < -0.4 is 39.3 Å². The van der Waals surface area contributed by atoms with Crippen molar-refractivity contribution in [1.29, 1.82) is 0 Å². The molecular formula is C79H66O10P4. The molecule has 4 aliphatic rings. The van der Waals surface area contributed by atoms with E-state index in [4.69, 9.17) is 27.6 Å². The van der Waals surface area contributed by atoms with Gasteiger partial charge >= 0.3 is 14.7 Å². The monoisotopic (exact) mass is 1300 g/mol. The second-order valence-corrected chi connectivity index (χ2v) is 33.2. The number of fused-ring (bicyclic) bond motifs is 12. The van der Waals surface area contributed by atoms with Gasteiger partial charge in [-0.15, -0.1) is 13.2 Å². The first kappa shape index (κ1) is 61.4. The Bertz CT molecular complexity index is 4580. The second kappa shape index (κ2) is 25.1. The van der Waals surface area contributed by atoms with Gasteiger partial charge in [-0.1, -0.05) is 244 Å². The standard InChI is InChI=1S/C47H42O6P2.C32H24O4P2/c1-5-31-50-45(54(48)43-21-13-9-17-39(43)37-15-7-11-19-41(37)52-54)33-23-27-35(28-24-33)47(3,4)36-29-25-34(26-30-36)46(51-32-6-2)55(49)44-22-14-10-18-40(44)38-16-8-12-20-42(38)53-55;33-37(31-15-7-3-11-27(31)25-9-1-5-13-29(25)35-37)21-23-17-19-24(20-18-23)22-38(34)32-16-8-4-12-28(32)26-10-2-6-14-30(26)36-38/h5-30,45-46H,1-2,31-32H2,3-4H3;1-20H,21-22H2. The zero-order chi connectivity index (χ0) is 64.0. The maximum atomic E-state index is 15.1. The lowest BCUT2D eigenvalue weighted by molar-refractivity contribution is 0.124. The summed E-state index contributed by atoms with van der Waals surface area (Å²) in [6.45, 7) is 12.4. The summed E-state index contributed by atoms with van der Waals surface area (Å²) in [6.07, 6.45) is 3.88. The minimum atomic E-state index is -3.61. The molecule has 462 valence electrons. The molecule has 0 aliphatic carbocycles. The third kappa shape index (κ3) is 11.3. The van der Waals surface area contributed by atoms with Crippen molar-refractivity contribution >= 4 is 50.7 Å². The molecule has 11 aromatic carbocycles. The highest BCUT2D eigenvalue weighted by atomic mass is 31.2. The third-order valence-corrected chi connectivity index (χ3v) is 27.7. The first-order chi connectivity index (χ1) is 45.2. The Labute approximate surface area is 543 Å². The number of rotatable bonds is 16. The summed E-state index contributed by atoms with van der Waals surface area (Å²) < 4.78 is 96.5. The van der Waals surface area contributed by atoms with Crippen LogP contribution in [-0.2, 0) is 45.5 Å². The summed E-state index contributed by atoms with van der Waals surface area (Å²) in [5.74, 6) is 0.736. The lowest BCUT2D eigenvalue weighted by Gasteiger charge is -2.34. The fourth-order valence-corrected chi connectivity index (χ4v) is 22.9. The highest BCUT2D eigenvalue weighted by Crippen LogP contribution is 2.66. The highest BCUT2D eigenvalue weighted by Gasteiger charge is 2.47. The van der Waals surface area contributed by atoms with E-state index in [2.05, 4.69) is 51.3 Å². The van der Waals surface area contributed by atoms with Gasteiger partial charge in [-0.25, -0.2) is 0 Å². The van der Waals surface area contributed by atoms with Crippen LogP contribution in [0.3, 0.4) is 0 Å². The van der Waals surface area contributed by atoms with Gasteiger partial charge in [0.25, 0.3) is 14.7 Å². The van der Waals surface area contributed by atoms with E-state index in [0.29, 0.717) is 33.6 Å². The Hall–Kier alpha value is -9.06. The first-order valence-electron chi connectivity index (χ1n) is 30.9. The van der Waals surface area contributed by atoms with E-state index in [1.165, 1.54) is 0 Å². The van der Waals surface area contributed by atoms with Gasteiger partial charge in [0, 0.05) is 27.7 Å². The van der Waals surface area contributed by atoms with Gasteiger partial charge in [-0.3, -0.25) is 18.3 Å². The highest BCUT2D eigenvalue weighted by molar-refractivity contribution is 7.68. The average molecular weight is 1300 g/mol. The molecule has 0 aromatic heterocycles. The lowest BCUT2D eigenvalue weighted by Crippen LogP contribution is -2.24. The van der Waals surface area contributed by atoms with Gasteiger partial charge in [-0.05, 0) is 104 Å². The molecule has 0 amide bonds. The van der Waals surface area contributed by atoms with Crippen LogP contribution in [0.1, 0.15) is 58.9 Å². The topological polar surface area (TPSA) is 124 Å². The Kier molecular flexibility index (Phi) is 16.6. The zero-order valence-corrected chi connectivity index (χ0v) is 54.9. The molecule has 0 N–H and O–H groups in total. The predicted molar refractivity (Wildman–Crippen MR) is 376 cm³/mol. The van der Waals surface area contributed by atoms with E-state index in [9.17, 15) is 9.13 Å². The Morgan fingerprint density at radius 2 is 0.613 bits per heavy atom. The zero-order valence-electron chi connectivity index (χ0n) is 51.3. The minimum Gasteiger partial charge on any atom is -0.439 e. The predicted octanol–water partition coefficient (Wildman–Crippen LogP) is 19.8. The molecule has 6 unspecified atom stereocenters. The van der Waals surface area contributed by atoms with Gasteiger partial charge in [0.1, 0.15) is 23.0 Å². The van der Waals surface area contributed by atoms with Gasteiger partial charge in [0.05, 0.1) is 46.8 Å². The number of para-hydroxylation sites is 4. The fourth-order valence-electron chi connectivity index (χ4n) is 13.0. The Balaban J connectivity index is 0.000000172. The summed E-state index contributed by atoms with van der Waals surface area (Å²) in [4.78, 5) is 0. The molecule has 14 heteroatoms. The van der Waals surface area contributed by atoms with E-state index in [1.54, 1.807) is 12.2 Å². The van der Waals surface area contributed by atoms with Crippen molar-refractivity contribution in [3.63, 3.8) is 0 Å². The van der Waals surface area contributed by atoms with Crippen molar-refractivity contribution in [1.82, 2.24) is 0 Å². The number of benzene rings is 11. The van der Waals surface area contributed by atoms with E-state index in [1.807, 2.05) is 243 Å². The van der Waals surface area contributed by atoms with Crippen LogP contribution in [0.15, 0.2) is 292 Å². The van der Waals surface area contributed by atoms with Crippen molar-refractivity contribution in [2.75, 3.05) is 13.2 Å². The van der Waals surface area contributed by atoms with Crippen LogP contribution in [0.4, 0.5) is 0 Å². The van der Waals surface area contributed by atoms with Crippen LogP contribution in [-0.4, -0.2) is 13.2 Å². The molecule has 0 saturated carbocycles. The molecular weight excluding hydrogens is 1230 g/mol. The van der Waals surface area contributed by atoms with Crippen LogP contribution in [0, 0.1) is 0 Å². The largest absolute Gasteiger partial charge is 0.439 e. The molecule has 0 bridgehead atoms. The van der Waals surface area contributed by atoms with Crippen molar-refractivity contribution in [2.24, 2.45) is 0 Å². The second-order valence-electron chi connectivity index (χ2n) is 23.9. The molecule has 0 saturated heterocycles. The molecule has 0 radical (unpaired) electrons. The fraction of sp³-hybridized carbons (Fsp3) is 0.114. The quantitative estimate of drug-likeness (QED) is 0.0682. The number of hydrogen-bond acceptors (Lipinski definition) is 10. The minimum absolute atomic E-state index is 0.203. The summed E-state index contributed by atoms with van der Waals surface area (Å²) in [5.41, 5.74) is 12.4. The Morgan fingerprint density at radius 1 is 0.344 bits per heavy atom. The first-order valence-corrected chi connectivity index (χ1v) is 37.9. The molecule has 0 fully saturated rings. The number of hydrogen-bond donors (Lipinski definition) is 0. The molecule has 93 heavy (non-hydrogen) atoms. The van der Waals surface area contributed by atoms with Crippen molar-refractivity contribution in [3.8, 4) is 67.5 Å². The van der Waals surface area contributed by atoms with E-state index in [0.717, 1.165) is 88.5 Å². The van der Waals surface area contributed by atoms with Crippen molar-refractivity contribution in [2.45, 2.75) is 43.3 Å². The van der Waals surface area contributed by atoms with Gasteiger partial charge < -0.3 is 27.6 Å². The molecule has 4 aliphatic heterocycles. The average Bonchev–Trinajstić information content (AvgIpc) is 0.762. The van der Waals surface area contributed by atoms with Gasteiger partial charge in [0.2, 0.25) is 0 Å². The lowest BCUT2D eigenvalue weighted by atomic mass is 9.78. The van der Waals surface area contributed by atoms with Crippen LogP contribution in [0.25, 0.3) is 44.5 Å². The summed E-state index contributed by atoms with van der Waals surface area (Å²) in [7, 11) is -13.6. The summed E-state index contributed by atoms with van der Waals surface area (Å²) in [6, 6.07) is 85.7. The van der Waals surface area contributed by atoms with Crippen LogP contribution >= 0.6 is 29.5 Å². The van der Waals surface area contributed by atoms with E-state index >= 15 is 9.13 Å². The van der Waals surface area contributed by atoms with Crippen molar-refractivity contribution < 1.29 is 45.8 Å². The molecule has 15 rings (SSSR count).